The Kier molecular flexibility index (Phi) is 5.45. The van der Waals surface area contributed by atoms with Crippen molar-refractivity contribution >= 4 is 0 Å². The summed E-state index contributed by atoms with van der Waals surface area (Å²) >= 11 is 0. The van der Waals surface area contributed by atoms with Crippen LogP contribution in [0.2, 0.25) is 0 Å². The highest BCUT2D eigenvalue weighted by atomic mass is 16.5. The van der Waals surface area contributed by atoms with Crippen molar-refractivity contribution in [3.05, 3.63) is 29.8 Å². The van der Waals surface area contributed by atoms with Crippen LogP contribution in [0.5, 0.6) is 5.75 Å². The lowest BCUT2D eigenvalue weighted by Gasteiger charge is -2.16. The molecule has 0 aliphatic heterocycles. The molecule has 0 aliphatic rings. The standard InChI is InChI=1S/C14H23NO2/c1-14(2,16)8-10-15-9-7-12-5-4-6-13(11-12)17-3/h4-6,11,15-16H,7-10H2,1-3H3. The van der Waals surface area contributed by atoms with E-state index < -0.39 is 5.60 Å². The SMILES string of the molecule is COc1cccc(CCNCCC(C)(C)O)c1. The second kappa shape index (κ2) is 6.62. The van der Waals surface area contributed by atoms with Gasteiger partial charge in [-0.3, -0.25) is 0 Å². The first-order valence-corrected chi connectivity index (χ1v) is 6.07. The quantitative estimate of drug-likeness (QED) is 0.713. The molecule has 0 atom stereocenters. The van der Waals surface area contributed by atoms with Crippen LogP contribution in [0.4, 0.5) is 0 Å². The number of benzene rings is 1. The van der Waals surface area contributed by atoms with Crippen LogP contribution in [0.15, 0.2) is 24.3 Å². The highest BCUT2D eigenvalue weighted by Crippen LogP contribution is 2.12. The summed E-state index contributed by atoms with van der Waals surface area (Å²) < 4.78 is 5.17. The zero-order chi connectivity index (χ0) is 12.7. The third kappa shape index (κ3) is 6.29. The molecular formula is C14H23NO2. The molecule has 0 saturated carbocycles. The van der Waals surface area contributed by atoms with Gasteiger partial charge in [-0.15, -0.1) is 0 Å². The fraction of sp³-hybridized carbons (Fsp3) is 0.571. The monoisotopic (exact) mass is 237 g/mol. The number of ether oxygens (including phenoxy) is 1. The molecule has 0 unspecified atom stereocenters. The van der Waals surface area contributed by atoms with Gasteiger partial charge in [0.25, 0.3) is 0 Å². The molecule has 0 bridgehead atoms. The topological polar surface area (TPSA) is 41.5 Å². The van der Waals surface area contributed by atoms with Gasteiger partial charge in [-0.25, -0.2) is 0 Å². The first-order chi connectivity index (χ1) is 8.01. The average Bonchev–Trinajstić information content (AvgIpc) is 2.27. The van der Waals surface area contributed by atoms with E-state index in [-0.39, 0.29) is 0 Å². The molecule has 3 nitrogen and oxygen atoms in total. The molecule has 1 aromatic carbocycles. The summed E-state index contributed by atoms with van der Waals surface area (Å²) in [4.78, 5) is 0. The van der Waals surface area contributed by atoms with Crippen molar-refractivity contribution in [2.75, 3.05) is 20.2 Å². The minimum absolute atomic E-state index is 0.580. The van der Waals surface area contributed by atoms with Crippen LogP contribution >= 0.6 is 0 Å². The zero-order valence-electron chi connectivity index (χ0n) is 11.0. The molecule has 0 aliphatic carbocycles. The predicted octanol–water partition coefficient (Wildman–Crippen LogP) is 1.99. The van der Waals surface area contributed by atoms with Gasteiger partial charge in [-0.05, 0) is 57.5 Å². The number of aliphatic hydroxyl groups is 1. The van der Waals surface area contributed by atoms with Gasteiger partial charge in [0.15, 0.2) is 0 Å². The van der Waals surface area contributed by atoms with E-state index in [0.29, 0.717) is 0 Å². The van der Waals surface area contributed by atoms with E-state index in [0.717, 1.165) is 31.7 Å². The molecule has 96 valence electrons. The Bertz CT molecular complexity index is 331. The number of nitrogens with one attached hydrogen (secondary N) is 1. The Balaban J connectivity index is 2.22. The highest BCUT2D eigenvalue weighted by molar-refractivity contribution is 5.28. The largest absolute Gasteiger partial charge is 0.497 e. The number of hydrogen-bond acceptors (Lipinski definition) is 3. The van der Waals surface area contributed by atoms with Crippen LogP contribution in [-0.2, 0) is 6.42 Å². The average molecular weight is 237 g/mol. The summed E-state index contributed by atoms with van der Waals surface area (Å²) in [6, 6.07) is 8.11. The molecule has 3 heteroatoms. The second-order valence-electron chi connectivity index (χ2n) is 4.91. The molecule has 1 rings (SSSR count). The van der Waals surface area contributed by atoms with Crippen molar-refractivity contribution in [3.63, 3.8) is 0 Å². The Morgan fingerprint density at radius 3 is 2.71 bits per heavy atom. The van der Waals surface area contributed by atoms with Gasteiger partial charge in [0.05, 0.1) is 12.7 Å². The molecule has 0 heterocycles. The van der Waals surface area contributed by atoms with Crippen molar-refractivity contribution in [1.29, 1.82) is 0 Å². The maximum absolute atomic E-state index is 9.55. The predicted molar refractivity (Wildman–Crippen MR) is 70.5 cm³/mol. The Hall–Kier alpha value is -1.06. The van der Waals surface area contributed by atoms with Crippen LogP contribution in [0.3, 0.4) is 0 Å². The van der Waals surface area contributed by atoms with Gasteiger partial charge in [0.2, 0.25) is 0 Å². The minimum atomic E-state index is -0.580. The maximum Gasteiger partial charge on any atom is 0.119 e. The molecule has 0 amide bonds. The van der Waals surface area contributed by atoms with E-state index in [4.69, 9.17) is 4.74 Å². The van der Waals surface area contributed by atoms with Crippen LogP contribution < -0.4 is 10.1 Å². The summed E-state index contributed by atoms with van der Waals surface area (Å²) in [7, 11) is 1.68. The van der Waals surface area contributed by atoms with Crippen LogP contribution in [0, 0.1) is 0 Å². The smallest absolute Gasteiger partial charge is 0.119 e. The van der Waals surface area contributed by atoms with E-state index in [2.05, 4.69) is 17.4 Å². The van der Waals surface area contributed by atoms with E-state index in [1.165, 1.54) is 5.56 Å². The molecule has 0 radical (unpaired) electrons. The lowest BCUT2D eigenvalue weighted by molar-refractivity contribution is 0.0713. The molecule has 0 aromatic heterocycles. The molecule has 0 saturated heterocycles. The Morgan fingerprint density at radius 2 is 2.06 bits per heavy atom. The summed E-state index contributed by atoms with van der Waals surface area (Å²) in [6.45, 7) is 5.42. The molecule has 0 fully saturated rings. The van der Waals surface area contributed by atoms with Crippen molar-refractivity contribution in [1.82, 2.24) is 5.32 Å². The summed E-state index contributed by atoms with van der Waals surface area (Å²) in [6.07, 6.45) is 1.74. The van der Waals surface area contributed by atoms with Gasteiger partial charge in [-0.2, -0.15) is 0 Å². The van der Waals surface area contributed by atoms with Gasteiger partial charge in [-0.1, -0.05) is 12.1 Å². The van der Waals surface area contributed by atoms with E-state index in [9.17, 15) is 5.11 Å². The van der Waals surface area contributed by atoms with E-state index >= 15 is 0 Å². The highest BCUT2D eigenvalue weighted by Gasteiger charge is 2.10. The molecule has 17 heavy (non-hydrogen) atoms. The molecular weight excluding hydrogens is 214 g/mol. The summed E-state index contributed by atoms with van der Waals surface area (Å²) in [5.41, 5.74) is 0.684. The minimum Gasteiger partial charge on any atom is -0.497 e. The Morgan fingerprint density at radius 1 is 1.29 bits per heavy atom. The first kappa shape index (κ1) is 14.0. The number of methoxy groups -OCH3 is 1. The van der Waals surface area contributed by atoms with Crippen molar-refractivity contribution < 1.29 is 9.84 Å². The van der Waals surface area contributed by atoms with Gasteiger partial charge >= 0.3 is 0 Å². The fourth-order valence-corrected chi connectivity index (χ4v) is 1.58. The van der Waals surface area contributed by atoms with Crippen molar-refractivity contribution in [2.45, 2.75) is 32.3 Å². The lowest BCUT2D eigenvalue weighted by Crippen LogP contribution is -2.27. The first-order valence-electron chi connectivity index (χ1n) is 6.07. The lowest BCUT2D eigenvalue weighted by atomic mass is 10.1. The third-order valence-corrected chi connectivity index (χ3v) is 2.64. The van der Waals surface area contributed by atoms with Crippen molar-refractivity contribution in [3.8, 4) is 5.75 Å². The third-order valence-electron chi connectivity index (χ3n) is 2.64. The zero-order valence-corrected chi connectivity index (χ0v) is 11.0. The fourth-order valence-electron chi connectivity index (χ4n) is 1.58. The van der Waals surface area contributed by atoms with Gasteiger partial charge < -0.3 is 15.2 Å². The molecule has 0 spiro atoms. The normalized spacial score (nSPS) is 11.5. The molecule has 1 aromatic rings. The van der Waals surface area contributed by atoms with Gasteiger partial charge in [0.1, 0.15) is 5.75 Å². The number of hydrogen-bond donors (Lipinski definition) is 2. The van der Waals surface area contributed by atoms with E-state index in [1.807, 2.05) is 26.0 Å². The second-order valence-corrected chi connectivity index (χ2v) is 4.91. The Labute approximate surface area is 104 Å². The number of rotatable bonds is 7. The maximum atomic E-state index is 9.55. The summed E-state index contributed by atoms with van der Waals surface area (Å²) in [5, 5.41) is 12.9. The molecule has 2 N–H and O–H groups in total. The van der Waals surface area contributed by atoms with Crippen LogP contribution in [-0.4, -0.2) is 30.9 Å². The van der Waals surface area contributed by atoms with E-state index in [1.54, 1.807) is 7.11 Å². The summed E-state index contributed by atoms with van der Waals surface area (Å²) in [5.74, 6) is 0.902. The van der Waals surface area contributed by atoms with Gasteiger partial charge in [0, 0.05) is 0 Å². The van der Waals surface area contributed by atoms with Crippen LogP contribution in [0.25, 0.3) is 0 Å². The van der Waals surface area contributed by atoms with Crippen molar-refractivity contribution in [2.24, 2.45) is 0 Å². The van der Waals surface area contributed by atoms with Crippen LogP contribution in [0.1, 0.15) is 25.8 Å².